The highest BCUT2D eigenvalue weighted by molar-refractivity contribution is 6.31. The number of urea groups is 1. The van der Waals surface area contributed by atoms with E-state index in [0.29, 0.717) is 42.7 Å². The second-order valence-corrected chi connectivity index (χ2v) is 11.4. The summed E-state index contributed by atoms with van der Waals surface area (Å²) in [6.45, 7) is 6.60. The Morgan fingerprint density at radius 1 is 1.15 bits per heavy atom. The highest BCUT2D eigenvalue weighted by Crippen LogP contribution is 2.40. The number of halogens is 1. The molecule has 212 valence electrons. The molecule has 1 saturated heterocycles. The van der Waals surface area contributed by atoms with Crippen LogP contribution in [0.15, 0.2) is 48.8 Å². The number of nitrogens with two attached hydrogens (primary N) is 1. The molecule has 11 nitrogen and oxygen atoms in total. The van der Waals surface area contributed by atoms with E-state index in [1.165, 1.54) is 4.90 Å². The number of hydrogen-bond acceptors (Lipinski definition) is 7. The van der Waals surface area contributed by atoms with Gasteiger partial charge in [-0.1, -0.05) is 35.9 Å². The monoisotopic (exact) mass is 573 g/mol. The molecule has 0 unspecified atom stereocenters. The van der Waals surface area contributed by atoms with Gasteiger partial charge in [0, 0.05) is 50.9 Å². The average molecular weight is 574 g/mol. The zero-order chi connectivity index (χ0) is 28.9. The van der Waals surface area contributed by atoms with E-state index in [0.717, 1.165) is 40.5 Å². The lowest BCUT2D eigenvalue weighted by Crippen LogP contribution is -2.50. The van der Waals surface area contributed by atoms with Crippen LogP contribution in [0.3, 0.4) is 0 Å². The quantitative estimate of drug-likeness (QED) is 0.344. The molecule has 3 N–H and O–H groups in total. The molecular formula is C29H32ClN9O2. The van der Waals surface area contributed by atoms with Crippen molar-refractivity contribution in [1.82, 2.24) is 34.5 Å². The summed E-state index contributed by atoms with van der Waals surface area (Å²) in [6.07, 6.45) is 4.54. The van der Waals surface area contributed by atoms with E-state index < -0.39 is 6.03 Å². The molecule has 0 spiro atoms. The number of imide groups is 1. The van der Waals surface area contributed by atoms with E-state index in [4.69, 9.17) is 27.4 Å². The largest absolute Gasteiger partial charge is 0.396 e. The minimum Gasteiger partial charge on any atom is -0.396 e. The Morgan fingerprint density at radius 2 is 1.95 bits per heavy atom. The van der Waals surface area contributed by atoms with Crippen molar-refractivity contribution in [3.8, 4) is 11.5 Å². The van der Waals surface area contributed by atoms with Gasteiger partial charge >= 0.3 is 6.03 Å². The maximum Gasteiger partial charge on any atom is 0.329 e. The number of rotatable bonds is 7. The Balaban J connectivity index is 1.19. The standard InChI is InChI=1S/C29H32ClN9O2/c1-29(2)26-19(8-9-22(33-26)27-32-14-25(36(27)3)39-13-11-24(40)34-28(39)41)15-37(29)17-23-21(31)16-38(35-23)12-10-18-6-4-5-7-20(18)30/h4-9,14,16H,10-13,15,17,31H2,1-3H3,(H,34,40,41). The van der Waals surface area contributed by atoms with Gasteiger partial charge in [0.15, 0.2) is 5.82 Å². The van der Waals surface area contributed by atoms with E-state index >= 15 is 0 Å². The van der Waals surface area contributed by atoms with Crippen molar-refractivity contribution in [2.75, 3.05) is 17.2 Å². The number of benzene rings is 1. The number of imidazole rings is 1. The van der Waals surface area contributed by atoms with E-state index in [-0.39, 0.29) is 17.9 Å². The molecule has 3 aromatic heterocycles. The maximum absolute atomic E-state index is 12.4. The Kier molecular flexibility index (Phi) is 6.79. The van der Waals surface area contributed by atoms with Gasteiger partial charge in [-0.2, -0.15) is 5.10 Å². The normalized spacial score (nSPS) is 16.7. The lowest BCUT2D eigenvalue weighted by Gasteiger charge is -2.31. The third-order valence-electron chi connectivity index (χ3n) is 8.01. The predicted molar refractivity (Wildman–Crippen MR) is 156 cm³/mol. The first kappa shape index (κ1) is 27.0. The number of nitrogens with zero attached hydrogens (tertiary/aromatic N) is 7. The van der Waals surface area contributed by atoms with Crippen molar-refractivity contribution in [1.29, 1.82) is 0 Å². The van der Waals surface area contributed by atoms with Crippen LogP contribution in [0.5, 0.6) is 0 Å². The van der Waals surface area contributed by atoms with Gasteiger partial charge in [-0.15, -0.1) is 0 Å². The molecule has 5 heterocycles. The fourth-order valence-corrected chi connectivity index (χ4v) is 5.81. The smallest absolute Gasteiger partial charge is 0.329 e. The minimum absolute atomic E-state index is 0.248. The topological polar surface area (TPSA) is 127 Å². The maximum atomic E-state index is 12.4. The van der Waals surface area contributed by atoms with Crippen LogP contribution in [0.1, 0.15) is 42.8 Å². The summed E-state index contributed by atoms with van der Waals surface area (Å²) in [5, 5.41) is 7.91. The number of nitrogens with one attached hydrogen (secondary N) is 1. The number of hydrogen-bond donors (Lipinski definition) is 2. The van der Waals surface area contributed by atoms with Gasteiger partial charge in [0.05, 0.1) is 28.8 Å². The number of anilines is 2. The number of fused-ring (bicyclic) bond motifs is 1. The van der Waals surface area contributed by atoms with Crippen LogP contribution < -0.4 is 16.0 Å². The van der Waals surface area contributed by atoms with E-state index in [1.807, 2.05) is 52.8 Å². The molecule has 0 atom stereocenters. The van der Waals surface area contributed by atoms with E-state index in [1.54, 1.807) is 6.20 Å². The average Bonchev–Trinajstić information content (AvgIpc) is 3.56. The van der Waals surface area contributed by atoms with Crippen LogP contribution >= 0.6 is 11.6 Å². The fraction of sp³-hybridized carbons (Fsp3) is 0.345. The highest BCUT2D eigenvalue weighted by Gasteiger charge is 2.40. The molecule has 6 rings (SSSR count). The number of amides is 3. The van der Waals surface area contributed by atoms with Crippen molar-refractivity contribution < 1.29 is 9.59 Å². The van der Waals surface area contributed by atoms with Crippen LogP contribution in [0, 0.1) is 0 Å². The molecule has 0 aliphatic carbocycles. The lowest BCUT2D eigenvalue weighted by molar-refractivity contribution is -0.120. The Labute approximate surface area is 242 Å². The molecular weight excluding hydrogens is 542 g/mol. The van der Waals surface area contributed by atoms with Gasteiger partial charge in [-0.05, 0) is 43.5 Å². The summed E-state index contributed by atoms with van der Waals surface area (Å²) in [6, 6.07) is 11.4. The number of aromatic nitrogens is 5. The number of aryl methyl sites for hydroxylation is 2. The number of carbonyl (C=O) groups is 2. The summed E-state index contributed by atoms with van der Waals surface area (Å²) >= 11 is 6.32. The molecule has 41 heavy (non-hydrogen) atoms. The molecule has 2 aliphatic heterocycles. The summed E-state index contributed by atoms with van der Waals surface area (Å²) in [5.41, 5.74) is 11.4. The third-order valence-corrected chi connectivity index (χ3v) is 8.38. The Hall–Kier alpha value is -4.22. The van der Waals surface area contributed by atoms with Crippen molar-refractivity contribution in [3.05, 3.63) is 76.3 Å². The van der Waals surface area contributed by atoms with Crippen LogP contribution in [-0.2, 0) is 43.4 Å². The third kappa shape index (κ3) is 4.95. The van der Waals surface area contributed by atoms with Crippen molar-refractivity contribution in [3.63, 3.8) is 0 Å². The molecule has 0 saturated carbocycles. The van der Waals surface area contributed by atoms with E-state index in [9.17, 15) is 9.59 Å². The molecule has 12 heteroatoms. The molecule has 2 aliphatic rings. The Bertz CT molecular complexity index is 1660. The summed E-state index contributed by atoms with van der Waals surface area (Å²) < 4.78 is 3.72. The minimum atomic E-state index is -0.444. The first-order chi connectivity index (χ1) is 19.6. The van der Waals surface area contributed by atoms with Gasteiger partial charge in [-0.25, -0.2) is 14.8 Å². The molecule has 3 amide bonds. The summed E-state index contributed by atoms with van der Waals surface area (Å²) in [7, 11) is 1.85. The van der Waals surface area contributed by atoms with Gasteiger partial charge in [0.2, 0.25) is 5.91 Å². The number of carbonyl (C=O) groups excluding carboxylic acids is 2. The van der Waals surface area contributed by atoms with Gasteiger partial charge in [0.25, 0.3) is 0 Å². The second-order valence-electron chi connectivity index (χ2n) is 11.0. The lowest BCUT2D eigenvalue weighted by atomic mass is 9.99. The van der Waals surface area contributed by atoms with Gasteiger partial charge in [-0.3, -0.25) is 24.6 Å². The second kappa shape index (κ2) is 10.3. The van der Waals surface area contributed by atoms with Crippen molar-refractivity contribution in [2.24, 2.45) is 7.05 Å². The van der Waals surface area contributed by atoms with Crippen LogP contribution in [0.2, 0.25) is 5.02 Å². The fourth-order valence-electron chi connectivity index (χ4n) is 5.58. The van der Waals surface area contributed by atoms with Gasteiger partial charge < -0.3 is 10.3 Å². The number of nitrogen functional groups attached to an aromatic ring is 1. The van der Waals surface area contributed by atoms with Crippen molar-refractivity contribution in [2.45, 2.75) is 51.9 Å². The number of pyridine rings is 1. The molecule has 0 radical (unpaired) electrons. The molecule has 4 aromatic rings. The molecule has 0 bridgehead atoms. The van der Waals surface area contributed by atoms with Crippen LogP contribution in [-0.4, -0.2) is 47.7 Å². The Morgan fingerprint density at radius 3 is 2.73 bits per heavy atom. The zero-order valence-corrected chi connectivity index (χ0v) is 24.0. The van der Waals surface area contributed by atoms with Crippen molar-refractivity contribution >= 4 is 35.0 Å². The molecule has 1 aromatic carbocycles. The van der Waals surface area contributed by atoms with E-state index in [2.05, 4.69) is 35.1 Å². The first-order valence-electron chi connectivity index (χ1n) is 13.6. The summed E-state index contributed by atoms with van der Waals surface area (Å²) in [4.78, 5) is 37.4. The predicted octanol–water partition coefficient (Wildman–Crippen LogP) is 3.85. The zero-order valence-electron chi connectivity index (χ0n) is 23.3. The van der Waals surface area contributed by atoms with Crippen LogP contribution in [0.25, 0.3) is 11.5 Å². The highest BCUT2D eigenvalue weighted by atomic mass is 35.5. The van der Waals surface area contributed by atoms with Gasteiger partial charge in [0.1, 0.15) is 11.5 Å². The molecule has 1 fully saturated rings. The first-order valence-corrected chi connectivity index (χ1v) is 13.9. The summed E-state index contributed by atoms with van der Waals surface area (Å²) in [5.74, 6) is 0.975. The SMILES string of the molecule is Cn1c(N2CCC(=O)NC2=O)cnc1-c1ccc2c(n1)C(C)(C)N(Cc1nn(CCc3ccccc3Cl)cc1N)C2. The van der Waals surface area contributed by atoms with Crippen LogP contribution in [0.4, 0.5) is 16.3 Å².